The molecule has 0 aliphatic heterocycles. The summed E-state index contributed by atoms with van der Waals surface area (Å²) in [4.78, 5) is 12.0. The molecule has 2 aromatic rings. The van der Waals surface area contributed by atoms with Crippen LogP contribution in [-0.2, 0) is 6.54 Å². The minimum atomic E-state index is -0.109. The molecule has 0 spiro atoms. The molecule has 0 fully saturated rings. The Hall–Kier alpha value is -2.30. The van der Waals surface area contributed by atoms with E-state index in [2.05, 4.69) is 15.5 Å². The third-order valence-corrected chi connectivity index (χ3v) is 3.06. The number of carbonyl (C=O) groups excluding carboxylic acids is 1. The largest absolute Gasteiger partial charge is 0.497 e. The fourth-order valence-corrected chi connectivity index (χ4v) is 1.85. The lowest BCUT2D eigenvalue weighted by atomic mass is 10.1. The second kappa shape index (κ2) is 5.56. The topological polar surface area (TPSA) is 67.0 Å². The Kier molecular flexibility index (Phi) is 3.85. The van der Waals surface area contributed by atoms with Crippen molar-refractivity contribution >= 4 is 5.91 Å². The molecule has 0 aliphatic rings. The molecule has 0 aliphatic carbocycles. The first-order valence-electron chi connectivity index (χ1n) is 6.04. The Morgan fingerprint density at radius 1 is 1.32 bits per heavy atom. The molecule has 0 radical (unpaired) electrons. The number of ether oxygens (including phenoxy) is 1. The number of nitrogens with one attached hydrogen (secondary N) is 2. The molecule has 19 heavy (non-hydrogen) atoms. The quantitative estimate of drug-likeness (QED) is 0.882. The number of hydrogen-bond donors (Lipinski definition) is 2. The maximum Gasteiger partial charge on any atom is 0.251 e. The number of aromatic amines is 1. The zero-order valence-electron chi connectivity index (χ0n) is 11.3. The summed E-state index contributed by atoms with van der Waals surface area (Å²) in [5.41, 5.74) is 3.53. The maximum atomic E-state index is 12.0. The lowest BCUT2D eigenvalue weighted by Crippen LogP contribution is -2.23. The fraction of sp³-hybridized carbons (Fsp3) is 0.286. The standard InChI is InChI=1S/C14H17N3O2/c1-9-13(10(2)17-16-9)8-15-14(18)11-4-6-12(19-3)7-5-11/h4-7H,8H2,1-3H3,(H,15,18)(H,16,17). The van der Waals surface area contributed by atoms with E-state index in [1.165, 1.54) is 0 Å². The molecule has 5 nitrogen and oxygen atoms in total. The van der Waals surface area contributed by atoms with Gasteiger partial charge in [0.05, 0.1) is 12.8 Å². The highest BCUT2D eigenvalue weighted by atomic mass is 16.5. The first-order valence-corrected chi connectivity index (χ1v) is 6.04. The Morgan fingerprint density at radius 3 is 2.53 bits per heavy atom. The number of nitrogens with zero attached hydrogens (tertiary/aromatic N) is 1. The average molecular weight is 259 g/mol. The maximum absolute atomic E-state index is 12.0. The molecule has 1 aromatic carbocycles. The van der Waals surface area contributed by atoms with Crippen molar-refractivity contribution in [2.45, 2.75) is 20.4 Å². The van der Waals surface area contributed by atoms with Crippen molar-refractivity contribution in [1.82, 2.24) is 15.5 Å². The van der Waals surface area contributed by atoms with E-state index in [9.17, 15) is 4.79 Å². The van der Waals surface area contributed by atoms with Crippen LogP contribution < -0.4 is 10.1 Å². The Labute approximate surface area is 112 Å². The molecule has 5 heteroatoms. The number of H-pyrrole nitrogens is 1. The minimum absolute atomic E-state index is 0.109. The number of carbonyl (C=O) groups is 1. The van der Waals surface area contributed by atoms with Gasteiger partial charge in [-0.05, 0) is 38.1 Å². The van der Waals surface area contributed by atoms with E-state index in [0.717, 1.165) is 22.7 Å². The molecule has 100 valence electrons. The van der Waals surface area contributed by atoms with Crippen LogP contribution in [0.15, 0.2) is 24.3 Å². The number of rotatable bonds is 4. The van der Waals surface area contributed by atoms with E-state index in [0.29, 0.717) is 12.1 Å². The Morgan fingerprint density at radius 2 is 2.00 bits per heavy atom. The van der Waals surface area contributed by atoms with Crippen LogP contribution in [0, 0.1) is 13.8 Å². The van der Waals surface area contributed by atoms with Crippen LogP contribution in [0.4, 0.5) is 0 Å². The Balaban J connectivity index is 2.01. The molecule has 2 N–H and O–H groups in total. The lowest BCUT2D eigenvalue weighted by Gasteiger charge is -2.06. The molecule has 0 saturated carbocycles. The number of hydrogen-bond acceptors (Lipinski definition) is 3. The van der Waals surface area contributed by atoms with Gasteiger partial charge >= 0.3 is 0 Å². The molecule has 1 heterocycles. The second-order valence-corrected chi connectivity index (χ2v) is 4.32. The zero-order valence-corrected chi connectivity index (χ0v) is 11.3. The van der Waals surface area contributed by atoms with Crippen molar-refractivity contribution in [3.8, 4) is 5.75 Å². The lowest BCUT2D eigenvalue weighted by molar-refractivity contribution is 0.0951. The van der Waals surface area contributed by atoms with Gasteiger partial charge in [-0.25, -0.2) is 0 Å². The Bertz CT molecular complexity index is 553. The van der Waals surface area contributed by atoms with E-state index < -0.39 is 0 Å². The average Bonchev–Trinajstić information content (AvgIpc) is 2.75. The molecule has 0 unspecified atom stereocenters. The summed E-state index contributed by atoms with van der Waals surface area (Å²) in [6, 6.07) is 7.01. The van der Waals surface area contributed by atoms with Gasteiger partial charge in [0, 0.05) is 23.4 Å². The van der Waals surface area contributed by atoms with Gasteiger partial charge in [0.25, 0.3) is 5.91 Å². The van der Waals surface area contributed by atoms with Crippen LogP contribution >= 0.6 is 0 Å². The summed E-state index contributed by atoms with van der Waals surface area (Å²) < 4.78 is 5.06. The number of amides is 1. The summed E-state index contributed by atoms with van der Waals surface area (Å²) in [6.45, 7) is 4.33. The second-order valence-electron chi connectivity index (χ2n) is 4.32. The summed E-state index contributed by atoms with van der Waals surface area (Å²) >= 11 is 0. The van der Waals surface area contributed by atoms with Crippen molar-refractivity contribution in [3.63, 3.8) is 0 Å². The van der Waals surface area contributed by atoms with Gasteiger partial charge in [-0.15, -0.1) is 0 Å². The van der Waals surface area contributed by atoms with Crippen LogP contribution in [0.1, 0.15) is 27.3 Å². The molecular weight excluding hydrogens is 242 g/mol. The van der Waals surface area contributed by atoms with Gasteiger partial charge in [0.15, 0.2) is 0 Å². The molecule has 1 amide bonds. The highest BCUT2D eigenvalue weighted by Gasteiger charge is 2.09. The van der Waals surface area contributed by atoms with Gasteiger partial charge in [0.2, 0.25) is 0 Å². The SMILES string of the molecule is COc1ccc(C(=O)NCc2c(C)n[nH]c2C)cc1. The number of aromatic nitrogens is 2. The zero-order chi connectivity index (χ0) is 13.8. The summed E-state index contributed by atoms with van der Waals surface area (Å²) in [6.07, 6.45) is 0. The van der Waals surface area contributed by atoms with Crippen molar-refractivity contribution in [3.05, 3.63) is 46.8 Å². The van der Waals surface area contributed by atoms with Crippen molar-refractivity contribution in [2.75, 3.05) is 7.11 Å². The van der Waals surface area contributed by atoms with Crippen molar-refractivity contribution in [1.29, 1.82) is 0 Å². The number of methoxy groups -OCH3 is 1. The first-order chi connectivity index (χ1) is 9.11. The summed E-state index contributed by atoms with van der Waals surface area (Å²) in [5.74, 6) is 0.626. The van der Waals surface area contributed by atoms with Crippen LogP contribution in [0.3, 0.4) is 0 Å². The van der Waals surface area contributed by atoms with Gasteiger partial charge < -0.3 is 10.1 Å². The van der Waals surface area contributed by atoms with Gasteiger partial charge in [-0.1, -0.05) is 0 Å². The van der Waals surface area contributed by atoms with Crippen molar-refractivity contribution in [2.24, 2.45) is 0 Å². The number of benzene rings is 1. The third kappa shape index (κ3) is 2.93. The van der Waals surface area contributed by atoms with Crippen LogP contribution in [0.2, 0.25) is 0 Å². The fourth-order valence-electron chi connectivity index (χ4n) is 1.85. The smallest absolute Gasteiger partial charge is 0.251 e. The van der Waals surface area contributed by atoms with E-state index in [1.54, 1.807) is 31.4 Å². The van der Waals surface area contributed by atoms with E-state index in [1.807, 2.05) is 13.8 Å². The normalized spacial score (nSPS) is 10.3. The minimum Gasteiger partial charge on any atom is -0.497 e. The monoisotopic (exact) mass is 259 g/mol. The summed E-state index contributed by atoms with van der Waals surface area (Å²) in [5, 5.41) is 9.88. The number of aryl methyl sites for hydroxylation is 2. The van der Waals surface area contributed by atoms with E-state index in [-0.39, 0.29) is 5.91 Å². The molecule has 0 atom stereocenters. The molecule has 0 saturated heterocycles. The molecule has 1 aromatic heterocycles. The van der Waals surface area contributed by atoms with Gasteiger partial charge in [-0.2, -0.15) is 5.10 Å². The van der Waals surface area contributed by atoms with Crippen LogP contribution in [0.5, 0.6) is 5.75 Å². The van der Waals surface area contributed by atoms with Crippen LogP contribution in [-0.4, -0.2) is 23.2 Å². The third-order valence-electron chi connectivity index (χ3n) is 3.06. The van der Waals surface area contributed by atoms with Gasteiger partial charge in [-0.3, -0.25) is 9.89 Å². The molecule has 0 bridgehead atoms. The predicted octanol–water partition coefficient (Wildman–Crippen LogP) is 1.97. The van der Waals surface area contributed by atoms with Crippen molar-refractivity contribution < 1.29 is 9.53 Å². The van der Waals surface area contributed by atoms with Gasteiger partial charge in [0.1, 0.15) is 5.75 Å². The first kappa shape index (κ1) is 13.1. The van der Waals surface area contributed by atoms with Crippen LogP contribution in [0.25, 0.3) is 0 Å². The van der Waals surface area contributed by atoms with E-state index >= 15 is 0 Å². The van der Waals surface area contributed by atoms with E-state index in [4.69, 9.17) is 4.74 Å². The summed E-state index contributed by atoms with van der Waals surface area (Å²) in [7, 11) is 1.60. The predicted molar refractivity (Wildman–Crippen MR) is 72.2 cm³/mol. The molecular formula is C14H17N3O2. The molecule has 2 rings (SSSR count). The highest BCUT2D eigenvalue weighted by molar-refractivity contribution is 5.94. The highest BCUT2D eigenvalue weighted by Crippen LogP contribution is 2.12.